The molecule has 0 spiro atoms. The Morgan fingerprint density at radius 1 is 0.391 bits per heavy atom. The molecule has 0 aliphatic rings. The number of hydrogen-bond acceptors (Lipinski definition) is 2. The predicted molar refractivity (Wildman–Crippen MR) is 101 cm³/mol. The van der Waals surface area contributed by atoms with Crippen molar-refractivity contribution < 1.29 is 29.4 Å². The summed E-state index contributed by atoms with van der Waals surface area (Å²) >= 11 is 7.21. The van der Waals surface area contributed by atoms with E-state index in [1.165, 1.54) is 0 Å². The molecule has 0 atom stereocenters. The fourth-order valence-corrected chi connectivity index (χ4v) is 0.770. The predicted octanol–water partition coefficient (Wildman–Crippen LogP) is 1.37. The van der Waals surface area contributed by atoms with Gasteiger partial charge in [0.15, 0.2) is 0 Å². The van der Waals surface area contributed by atoms with E-state index in [2.05, 4.69) is 23.6 Å². The normalized spacial score (nSPS) is 9.30. The van der Waals surface area contributed by atoms with Crippen molar-refractivity contribution in [1.29, 1.82) is 0 Å². The van der Waals surface area contributed by atoms with Gasteiger partial charge in [-0.1, -0.05) is 72.8 Å². The Hall–Kier alpha value is 0.318. The van der Waals surface area contributed by atoms with Gasteiger partial charge in [0.25, 0.3) is 0 Å². The van der Waals surface area contributed by atoms with Crippen LogP contribution in [0.15, 0.2) is 72.8 Å². The molecule has 129 valence electrons. The fourth-order valence-electron chi connectivity index (χ4n) is 0.770. The second-order valence-corrected chi connectivity index (χ2v) is 8.33. The van der Waals surface area contributed by atoms with Crippen molar-refractivity contribution in [2.24, 2.45) is 0 Å². The van der Waals surface area contributed by atoms with Gasteiger partial charge in [-0.05, 0) is 23.6 Å². The van der Waals surface area contributed by atoms with Crippen LogP contribution >= 0.6 is 13.4 Å². The molecule has 23 heavy (non-hydrogen) atoms. The van der Waals surface area contributed by atoms with Crippen LogP contribution in [0.25, 0.3) is 0 Å². The third kappa shape index (κ3) is 60.7. The van der Waals surface area contributed by atoms with Gasteiger partial charge in [-0.3, -0.25) is 0 Å². The first-order valence-corrected chi connectivity index (χ1v) is 10.9. The van der Waals surface area contributed by atoms with E-state index in [9.17, 15) is 0 Å². The summed E-state index contributed by atoms with van der Waals surface area (Å²) in [5, 5.41) is 0. The summed E-state index contributed by atoms with van der Waals surface area (Å²) in [6, 6.07) is 24.0. The molecule has 2 aromatic rings. The fraction of sp³-hybridized carbons (Fsp3) is 0. The molecule has 0 aliphatic heterocycles. The quantitative estimate of drug-likeness (QED) is 0.234. The summed E-state index contributed by atoms with van der Waals surface area (Å²) in [5.41, 5.74) is 0. The van der Waals surface area contributed by atoms with Gasteiger partial charge in [0.2, 0.25) is 0 Å². The summed E-state index contributed by atoms with van der Waals surface area (Å²) in [6.45, 7) is -7.61. The van der Waals surface area contributed by atoms with Gasteiger partial charge in [0.05, 0.1) is 0 Å². The average Bonchev–Trinajstić information content (AvgIpc) is 2.40. The molecule has 0 aromatic heterocycles. The van der Waals surface area contributed by atoms with Crippen LogP contribution in [0, 0.1) is 0 Å². The van der Waals surface area contributed by atoms with E-state index in [1.54, 1.807) is 0 Å². The molecule has 2 aromatic carbocycles. The Labute approximate surface area is 163 Å². The first-order chi connectivity index (χ1) is 10.0. The summed E-state index contributed by atoms with van der Waals surface area (Å²) < 4.78 is 0. The van der Waals surface area contributed by atoms with Gasteiger partial charge in [-0.25, -0.2) is 0 Å². The number of hydrogen-bond donors (Lipinski definition) is 6. The van der Waals surface area contributed by atoms with Crippen LogP contribution in [0.2, 0.25) is 0 Å². The van der Waals surface area contributed by atoms with Crippen LogP contribution in [0.5, 0.6) is 0 Å². The van der Waals surface area contributed by atoms with Crippen molar-refractivity contribution in [2.75, 3.05) is 0 Å². The van der Waals surface area contributed by atoms with Crippen molar-refractivity contribution in [1.82, 2.24) is 0 Å². The van der Waals surface area contributed by atoms with E-state index in [0.717, 1.165) is 0 Å². The Balaban J connectivity index is -0.000000230. The third-order valence-electron chi connectivity index (χ3n) is 1.33. The Morgan fingerprint density at radius 3 is 0.478 bits per heavy atom. The number of benzene rings is 2. The van der Waals surface area contributed by atoms with E-state index in [4.69, 9.17) is 29.4 Å². The molecule has 0 amide bonds. The Morgan fingerprint density at radius 2 is 0.435 bits per heavy atom. The first-order valence-electron chi connectivity index (χ1n) is 5.57. The minimum absolute atomic E-state index is 0. The molecule has 0 fully saturated rings. The van der Waals surface area contributed by atoms with Crippen molar-refractivity contribution >= 4 is 61.5 Å². The zero-order valence-corrected chi connectivity index (χ0v) is 17.7. The van der Waals surface area contributed by atoms with Crippen molar-refractivity contribution in [3.05, 3.63) is 72.8 Å². The van der Waals surface area contributed by atoms with Crippen molar-refractivity contribution in [3.63, 3.8) is 0 Å². The second kappa shape index (κ2) is 17.2. The van der Waals surface area contributed by atoms with Crippen LogP contribution in [0.4, 0.5) is 0 Å². The maximum atomic E-state index is 7.56. The average molecular weight is 506 g/mol. The Bertz CT molecular complexity index is 429. The van der Waals surface area contributed by atoms with Gasteiger partial charge < -0.3 is 29.4 Å². The van der Waals surface area contributed by atoms with E-state index >= 15 is 0 Å². The van der Waals surface area contributed by atoms with E-state index in [0.29, 0.717) is 0 Å². The molecule has 6 N–H and O–H groups in total. The minimum atomic E-state index is -3.81. The van der Waals surface area contributed by atoms with Crippen LogP contribution in [-0.2, 0) is 23.6 Å². The molecule has 0 bridgehead atoms. The van der Waals surface area contributed by atoms with E-state index in [1.807, 2.05) is 72.8 Å². The zero-order valence-electron chi connectivity index (χ0n) is 11.8. The topological polar surface area (TPSA) is 121 Å². The maximum absolute atomic E-state index is 7.56. The van der Waals surface area contributed by atoms with Crippen molar-refractivity contribution in [3.8, 4) is 0 Å². The standard InChI is InChI=1S/2C6H6.2H3O3PS.Sb/c2*1-2-4-6-5-3-1;2*1-4(2,3)5;/h2*1-6H;2*(H3,1,2,3,5);. The molecule has 11 heteroatoms. The van der Waals surface area contributed by atoms with Gasteiger partial charge >= 0.3 is 13.4 Å². The van der Waals surface area contributed by atoms with Gasteiger partial charge in [-0.15, -0.1) is 0 Å². The number of rotatable bonds is 0. The van der Waals surface area contributed by atoms with Crippen LogP contribution in [0.3, 0.4) is 0 Å². The van der Waals surface area contributed by atoms with Crippen LogP contribution < -0.4 is 0 Å². The molecule has 3 radical (unpaired) electrons. The molecule has 0 saturated carbocycles. The molecule has 0 unspecified atom stereocenters. The molecule has 0 aliphatic carbocycles. The summed E-state index contributed by atoms with van der Waals surface area (Å²) in [6.07, 6.45) is 0. The summed E-state index contributed by atoms with van der Waals surface area (Å²) in [5.74, 6) is 0. The van der Waals surface area contributed by atoms with E-state index < -0.39 is 13.4 Å². The monoisotopic (exact) mass is 505 g/mol. The molecule has 6 nitrogen and oxygen atoms in total. The molecular formula is C12H18O6P2S2Sb. The van der Waals surface area contributed by atoms with Gasteiger partial charge in [-0.2, -0.15) is 0 Å². The molecule has 0 saturated heterocycles. The maximum Gasteiger partial charge on any atom is 0.319 e. The molecule has 0 heterocycles. The Kier molecular flexibility index (Phi) is 21.0. The zero-order chi connectivity index (χ0) is 17.5. The SMILES string of the molecule is OP(O)(O)=S.OP(O)(O)=S.[Sb].c1ccccc1.c1ccccc1. The van der Waals surface area contributed by atoms with Gasteiger partial charge in [0, 0.05) is 24.4 Å². The second-order valence-electron chi connectivity index (χ2n) is 3.34. The minimum Gasteiger partial charge on any atom is -0.325 e. The van der Waals surface area contributed by atoms with Crippen LogP contribution in [-0.4, -0.2) is 53.8 Å². The third-order valence-corrected chi connectivity index (χ3v) is 1.33. The summed E-state index contributed by atoms with van der Waals surface area (Å²) in [7, 11) is 0. The molecule has 2 rings (SSSR count). The van der Waals surface area contributed by atoms with Crippen molar-refractivity contribution in [2.45, 2.75) is 0 Å². The summed E-state index contributed by atoms with van der Waals surface area (Å²) in [4.78, 5) is 45.3. The first kappa shape index (κ1) is 28.1. The largest absolute Gasteiger partial charge is 0.325 e. The van der Waals surface area contributed by atoms with Crippen LogP contribution in [0.1, 0.15) is 0 Å². The molecular weight excluding hydrogens is 488 g/mol. The van der Waals surface area contributed by atoms with Gasteiger partial charge in [0.1, 0.15) is 0 Å². The van der Waals surface area contributed by atoms with E-state index in [-0.39, 0.29) is 24.4 Å². The smallest absolute Gasteiger partial charge is 0.319 e.